The first-order valence-electron chi connectivity index (χ1n) is 10.8. The van der Waals surface area contributed by atoms with E-state index in [0.717, 1.165) is 67.7 Å². The highest BCUT2D eigenvalue weighted by molar-refractivity contribution is 5.97. The molecule has 1 saturated carbocycles. The number of hydrogen-bond acceptors (Lipinski definition) is 3. The lowest BCUT2D eigenvalue weighted by molar-refractivity contribution is -0.143. The Morgan fingerprint density at radius 3 is 2.34 bits per heavy atom. The van der Waals surface area contributed by atoms with E-state index in [2.05, 4.69) is 10.4 Å². The minimum atomic E-state index is -0.354. The first-order valence-corrected chi connectivity index (χ1v) is 10.8. The summed E-state index contributed by atoms with van der Waals surface area (Å²) in [6.07, 6.45) is 6.91. The lowest BCUT2D eigenvalue weighted by Crippen LogP contribution is -2.51. The van der Waals surface area contributed by atoms with Gasteiger partial charge in [0, 0.05) is 23.8 Å². The zero-order chi connectivity index (χ0) is 20.4. The summed E-state index contributed by atoms with van der Waals surface area (Å²) in [7, 11) is 0. The SMILES string of the molecule is Cc1cc(C)n(-c2ccc(NC(=O)C3CCCCN3C(=O)C3CCCC3)cc2)n1. The molecule has 2 fully saturated rings. The number of rotatable bonds is 4. The van der Waals surface area contributed by atoms with E-state index in [9.17, 15) is 9.59 Å². The van der Waals surface area contributed by atoms with E-state index in [1.165, 1.54) is 0 Å². The third-order valence-electron chi connectivity index (χ3n) is 6.18. The van der Waals surface area contributed by atoms with Crippen molar-refractivity contribution in [2.75, 3.05) is 11.9 Å². The first-order chi connectivity index (χ1) is 14.0. The van der Waals surface area contributed by atoms with E-state index in [-0.39, 0.29) is 23.8 Å². The van der Waals surface area contributed by atoms with Crippen LogP contribution in [-0.4, -0.2) is 39.1 Å². The zero-order valence-electron chi connectivity index (χ0n) is 17.4. The number of likely N-dealkylation sites (tertiary alicyclic amines) is 1. The van der Waals surface area contributed by atoms with Crippen molar-refractivity contribution in [3.05, 3.63) is 41.7 Å². The number of nitrogens with zero attached hydrogens (tertiary/aromatic N) is 3. The van der Waals surface area contributed by atoms with Gasteiger partial charge in [-0.3, -0.25) is 9.59 Å². The van der Waals surface area contributed by atoms with Gasteiger partial charge < -0.3 is 10.2 Å². The van der Waals surface area contributed by atoms with Gasteiger partial charge in [-0.2, -0.15) is 5.10 Å². The largest absolute Gasteiger partial charge is 0.330 e. The van der Waals surface area contributed by atoms with Gasteiger partial charge in [-0.15, -0.1) is 0 Å². The number of carbonyl (C=O) groups excluding carboxylic acids is 2. The summed E-state index contributed by atoms with van der Waals surface area (Å²) < 4.78 is 1.89. The quantitative estimate of drug-likeness (QED) is 0.852. The standard InChI is InChI=1S/C23H30N4O2/c1-16-15-17(2)27(25-16)20-12-10-19(11-13-20)24-22(28)21-9-5-6-14-26(21)23(29)18-7-3-4-8-18/h10-13,15,18,21H,3-9,14H2,1-2H3,(H,24,28). The third kappa shape index (κ3) is 4.21. The Morgan fingerprint density at radius 2 is 1.69 bits per heavy atom. The molecule has 0 bridgehead atoms. The number of carbonyl (C=O) groups is 2. The molecule has 1 atom stereocenters. The second-order valence-electron chi connectivity index (χ2n) is 8.40. The highest BCUT2D eigenvalue weighted by atomic mass is 16.2. The Morgan fingerprint density at radius 1 is 1.00 bits per heavy atom. The van der Waals surface area contributed by atoms with Crippen LogP contribution in [0.2, 0.25) is 0 Å². The molecule has 1 aromatic carbocycles. The van der Waals surface area contributed by atoms with Crippen molar-refractivity contribution in [1.29, 1.82) is 0 Å². The fourth-order valence-corrected chi connectivity index (χ4v) is 4.68. The molecule has 0 spiro atoms. The summed E-state index contributed by atoms with van der Waals surface area (Å²) in [4.78, 5) is 27.8. The molecule has 2 heterocycles. The van der Waals surface area contributed by atoms with Crippen LogP contribution in [-0.2, 0) is 9.59 Å². The molecule has 2 amide bonds. The molecule has 6 heteroatoms. The summed E-state index contributed by atoms with van der Waals surface area (Å²) in [5, 5.41) is 7.52. The second kappa shape index (κ2) is 8.39. The van der Waals surface area contributed by atoms with Crippen LogP contribution in [0.25, 0.3) is 5.69 Å². The number of amides is 2. The van der Waals surface area contributed by atoms with Gasteiger partial charge in [0.2, 0.25) is 11.8 Å². The zero-order valence-corrected chi connectivity index (χ0v) is 17.4. The van der Waals surface area contributed by atoms with Crippen LogP contribution in [0.15, 0.2) is 30.3 Å². The second-order valence-corrected chi connectivity index (χ2v) is 8.40. The Balaban J connectivity index is 1.44. The highest BCUT2D eigenvalue weighted by Crippen LogP contribution is 2.29. The molecule has 1 aromatic heterocycles. The van der Waals surface area contributed by atoms with Gasteiger partial charge in [0.05, 0.1) is 11.4 Å². The monoisotopic (exact) mass is 394 g/mol. The lowest BCUT2D eigenvalue weighted by Gasteiger charge is -2.36. The molecule has 4 rings (SSSR count). The van der Waals surface area contributed by atoms with E-state index in [1.54, 1.807) is 0 Å². The number of benzene rings is 1. The van der Waals surface area contributed by atoms with Gasteiger partial charge in [0.1, 0.15) is 6.04 Å². The number of nitrogens with one attached hydrogen (secondary N) is 1. The molecule has 1 saturated heterocycles. The molecule has 29 heavy (non-hydrogen) atoms. The molecule has 1 aliphatic carbocycles. The van der Waals surface area contributed by atoms with E-state index in [4.69, 9.17) is 0 Å². The molecule has 1 N–H and O–H groups in total. The average Bonchev–Trinajstić information content (AvgIpc) is 3.37. The van der Waals surface area contributed by atoms with Crippen LogP contribution in [0.3, 0.4) is 0 Å². The summed E-state index contributed by atoms with van der Waals surface area (Å²) >= 11 is 0. The highest BCUT2D eigenvalue weighted by Gasteiger charge is 2.36. The van der Waals surface area contributed by atoms with Crippen LogP contribution in [0.4, 0.5) is 5.69 Å². The van der Waals surface area contributed by atoms with Crippen LogP contribution in [0.1, 0.15) is 56.3 Å². The van der Waals surface area contributed by atoms with E-state index in [1.807, 2.05) is 53.8 Å². The smallest absolute Gasteiger partial charge is 0.247 e. The molecule has 2 aliphatic rings. The van der Waals surface area contributed by atoms with Crippen molar-refractivity contribution < 1.29 is 9.59 Å². The van der Waals surface area contributed by atoms with Gasteiger partial charge in [0.15, 0.2) is 0 Å². The normalized spacial score (nSPS) is 20.1. The maximum Gasteiger partial charge on any atom is 0.247 e. The van der Waals surface area contributed by atoms with Crippen LogP contribution < -0.4 is 5.32 Å². The minimum absolute atomic E-state index is 0.0742. The third-order valence-corrected chi connectivity index (χ3v) is 6.18. The van der Waals surface area contributed by atoms with Crippen molar-refractivity contribution in [2.45, 2.75) is 64.8 Å². The van der Waals surface area contributed by atoms with Gasteiger partial charge in [-0.1, -0.05) is 12.8 Å². The van der Waals surface area contributed by atoms with Gasteiger partial charge in [-0.05, 0) is 76.3 Å². The average molecular weight is 395 g/mol. The van der Waals surface area contributed by atoms with Crippen molar-refractivity contribution in [2.24, 2.45) is 5.92 Å². The van der Waals surface area contributed by atoms with E-state index in [0.29, 0.717) is 6.54 Å². The Hall–Kier alpha value is -2.63. The number of anilines is 1. The summed E-state index contributed by atoms with van der Waals surface area (Å²) in [6.45, 7) is 4.69. The Bertz CT molecular complexity index is 881. The van der Waals surface area contributed by atoms with Gasteiger partial charge in [0.25, 0.3) is 0 Å². The predicted molar refractivity (Wildman–Crippen MR) is 113 cm³/mol. The van der Waals surface area contributed by atoms with E-state index < -0.39 is 0 Å². The molecular weight excluding hydrogens is 364 g/mol. The maximum absolute atomic E-state index is 13.0. The predicted octanol–water partition coefficient (Wildman–Crippen LogP) is 4.00. The Labute approximate surface area is 172 Å². The van der Waals surface area contributed by atoms with Crippen molar-refractivity contribution in [1.82, 2.24) is 14.7 Å². The number of piperidine rings is 1. The van der Waals surface area contributed by atoms with Crippen LogP contribution >= 0.6 is 0 Å². The van der Waals surface area contributed by atoms with Crippen molar-refractivity contribution >= 4 is 17.5 Å². The molecule has 2 aromatic rings. The molecule has 154 valence electrons. The minimum Gasteiger partial charge on any atom is -0.330 e. The van der Waals surface area contributed by atoms with Gasteiger partial charge >= 0.3 is 0 Å². The van der Waals surface area contributed by atoms with Crippen molar-refractivity contribution in [3.8, 4) is 5.69 Å². The fourth-order valence-electron chi connectivity index (χ4n) is 4.68. The van der Waals surface area contributed by atoms with E-state index >= 15 is 0 Å². The molecular formula is C23H30N4O2. The molecule has 1 aliphatic heterocycles. The van der Waals surface area contributed by atoms with Crippen LogP contribution in [0.5, 0.6) is 0 Å². The van der Waals surface area contributed by atoms with Gasteiger partial charge in [-0.25, -0.2) is 4.68 Å². The number of aromatic nitrogens is 2. The summed E-state index contributed by atoms with van der Waals surface area (Å²) in [5.41, 5.74) is 3.76. The first kappa shape index (κ1) is 19.7. The fraction of sp³-hybridized carbons (Fsp3) is 0.522. The molecule has 6 nitrogen and oxygen atoms in total. The summed E-state index contributed by atoms with van der Waals surface area (Å²) in [5.74, 6) is 0.223. The maximum atomic E-state index is 13.0. The molecule has 1 unspecified atom stereocenters. The van der Waals surface area contributed by atoms with Crippen LogP contribution in [0, 0.1) is 19.8 Å². The number of aryl methyl sites for hydroxylation is 2. The Kier molecular flexibility index (Phi) is 5.69. The molecule has 0 radical (unpaired) electrons. The number of hydrogen-bond donors (Lipinski definition) is 1. The van der Waals surface area contributed by atoms with Crippen molar-refractivity contribution in [3.63, 3.8) is 0 Å². The lowest BCUT2D eigenvalue weighted by atomic mass is 9.97. The summed E-state index contributed by atoms with van der Waals surface area (Å²) in [6, 6.07) is 9.39. The topological polar surface area (TPSA) is 67.2 Å².